The number of nitrogens with zero attached hydrogens (tertiary/aromatic N) is 3. The third-order valence-electron chi connectivity index (χ3n) is 17.1. The predicted octanol–water partition coefficient (Wildman–Crippen LogP) is 7.95. The van der Waals surface area contributed by atoms with Crippen LogP contribution in [0, 0.1) is 57.7 Å². The Hall–Kier alpha value is -3.73. The summed E-state index contributed by atoms with van der Waals surface area (Å²) >= 11 is 0. The average Bonchev–Trinajstić information content (AvgIpc) is 3.58. The number of hydrogen-bond acceptors (Lipinski definition) is 8. The molecule has 0 radical (unpaired) electrons. The largest absolute Gasteiger partial charge is 0.495 e. The lowest BCUT2D eigenvalue weighted by atomic mass is 9.33. The number of ether oxygens (including phenoxy) is 2. The molecule has 0 aromatic carbocycles. The summed E-state index contributed by atoms with van der Waals surface area (Å²) in [6.45, 7) is 22.2. The molecule has 11 nitrogen and oxygen atoms in total. The zero-order valence-electron chi connectivity index (χ0n) is 36.9. The lowest BCUT2D eigenvalue weighted by Crippen LogP contribution is -2.66. The molecule has 2 heterocycles. The normalized spacial score (nSPS) is 34.3. The highest BCUT2D eigenvalue weighted by Gasteiger charge is 2.71. The number of ketones is 1. The van der Waals surface area contributed by atoms with Crippen molar-refractivity contribution in [1.82, 2.24) is 14.3 Å². The van der Waals surface area contributed by atoms with Gasteiger partial charge in [0.05, 0.1) is 37.4 Å². The van der Waals surface area contributed by atoms with Crippen molar-refractivity contribution in [2.75, 3.05) is 13.7 Å². The molecule has 4 fully saturated rings. The van der Waals surface area contributed by atoms with E-state index in [1.807, 2.05) is 17.7 Å². The van der Waals surface area contributed by atoms with Crippen LogP contribution in [0.4, 0.5) is 0 Å². The molecule has 5 aliphatic rings. The Morgan fingerprint density at radius 3 is 2.29 bits per heavy atom. The number of nitrogens with two attached hydrogens (primary N) is 1. The Bertz CT molecular complexity index is 2090. The van der Waals surface area contributed by atoms with Crippen LogP contribution in [-0.2, 0) is 31.1 Å². The van der Waals surface area contributed by atoms with E-state index < -0.39 is 22.8 Å². The molecule has 0 unspecified atom stereocenters. The van der Waals surface area contributed by atoms with E-state index in [4.69, 9.17) is 15.2 Å². The van der Waals surface area contributed by atoms with Crippen LogP contribution < -0.4 is 16.0 Å². The number of pyridine rings is 1. The Morgan fingerprint density at radius 1 is 0.983 bits per heavy atom. The highest BCUT2D eigenvalue weighted by atomic mass is 16.5. The molecule has 0 bridgehead atoms. The molecule has 2 aromatic rings. The molecule has 0 aliphatic heterocycles. The summed E-state index contributed by atoms with van der Waals surface area (Å²) in [5.41, 5.74) is 7.85. The van der Waals surface area contributed by atoms with Gasteiger partial charge in [0.25, 0.3) is 5.56 Å². The average molecular weight is 801 g/mol. The molecular formula is C47H68N4O7. The van der Waals surface area contributed by atoms with E-state index in [0.29, 0.717) is 48.5 Å². The fourth-order valence-corrected chi connectivity index (χ4v) is 14.2. The van der Waals surface area contributed by atoms with Crippen molar-refractivity contribution in [3.63, 3.8) is 0 Å². The van der Waals surface area contributed by atoms with Crippen molar-refractivity contribution in [2.45, 2.75) is 152 Å². The number of carbonyl (C=O) groups excluding carboxylic acids is 2. The molecule has 0 amide bonds. The number of aromatic nitrogens is 3. The van der Waals surface area contributed by atoms with Gasteiger partial charge in [-0.2, -0.15) is 4.68 Å². The van der Waals surface area contributed by atoms with Gasteiger partial charge in [0.1, 0.15) is 11.9 Å². The third-order valence-corrected chi connectivity index (χ3v) is 17.1. The van der Waals surface area contributed by atoms with Crippen LogP contribution in [0.15, 0.2) is 34.3 Å². The number of allylic oxidation sites excluding steroid dienone is 2. The number of esters is 1. The van der Waals surface area contributed by atoms with Crippen LogP contribution in [0.2, 0.25) is 0 Å². The van der Waals surface area contributed by atoms with Crippen molar-refractivity contribution < 1.29 is 29.0 Å². The molecule has 0 saturated heterocycles. The smallest absolute Gasteiger partial charge is 0.309 e. The summed E-state index contributed by atoms with van der Waals surface area (Å²) in [6.07, 6.45) is 9.07. The van der Waals surface area contributed by atoms with Crippen LogP contribution in [0.1, 0.15) is 138 Å². The first-order chi connectivity index (χ1) is 27.1. The standard InChI is InChI=1S/C47H68N4O7/c1-27(2)37-31(52)24-47(39-28(3)40(54)51(50(39)23-22-48)35-15-12-29(57-11)26-49-35)21-20-45(9)30(38(37)47)13-14-33-44(8)18-17-34(58-36(53)25-42(4,5)41(55)56)43(6,7)32(44)16-19-46(33,45)10/h12,15,26-27,30,32-34H,13-14,16-25,48H2,1-11H3,(H,55,56)/t30-,32+,33-,34+,44+,45-,46-,47-/m1/s1. The number of rotatable bonds is 10. The van der Waals surface area contributed by atoms with Crippen molar-refractivity contribution in [3.05, 3.63) is 51.1 Å². The van der Waals surface area contributed by atoms with Crippen molar-refractivity contribution in [2.24, 2.45) is 56.5 Å². The Kier molecular flexibility index (Phi) is 10.4. The van der Waals surface area contributed by atoms with E-state index in [2.05, 4.69) is 53.5 Å². The van der Waals surface area contributed by atoms with Crippen LogP contribution >= 0.6 is 0 Å². The molecule has 8 atom stereocenters. The zero-order valence-corrected chi connectivity index (χ0v) is 36.9. The van der Waals surface area contributed by atoms with Crippen LogP contribution in [-0.4, -0.2) is 56.9 Å². The van der Waals surface area contributed by atoms with E-state index in [9.17, 15) is 24.3 Å². The summed E-state index contributed by atoms with van der Waals surface area (Å²) in [5.74, 6) is 0.873. The first-order valence-electron chi connectivity index (χ1n) is 21.8. The number of carboxylic acids is 1. The molecule has 3 N–H and O–H groups in total. The summed E-state index contributed by atoms with van der Waals surface area (Å²) in [7, 11) is 1.59. The fraction of sp³-hybridized carbons (Fsp3) is 0.723. The Balaban J connectivity index is 1.28. The van der Waals surface area contributed by atoms with E-state index in [0.717, 1.165) is 62.6 Å². The number of carbonyl (C=O) groups is 3. The van der Waals surface area contributed by atoms with Gasteiger partial charge in [-0.15, -0.1) is 0 Å². The number of aliphatic carboxylic acids is 1. The number of fused-ring (bicyclic) bond motifs is 7. The number of Topliss-reactive ketones (excluding diaryl/α,β-unsaturated/α-hetero) is 1. The van der Waals surface area contributed by atoms with Crippen LogP contribution in [0.25, 0.3) is 5.82 Å². The van der Waals surface area contributed by atoms with Crippen molar-refractivity contribution >= 4 is 17.7 Å². The number of carboxylic acid groups (broad SMARTS) is 1. The highest BCUT2D eigenvalue weighted by Crippen LogP contribution is 2.77. The van der Waals surface area contributed by atoms with Gasteiger partial charge in [-0.3, -0.25) is 23.9 Å². The lowest BCUT2D eigenvalue weighted by molar-refractivity contribution is -0.232. The van der Waals surface area contributed by atoms with Gasteiger partial charge in [-0.05, 0) is 135 Å². The molecular weight excluding hydrogens is 733 g/mol. The van der Waals surface area contributed by atoms with Gasteiger partial charge in [0, 0.05) is 29.4 Å². The summed E-state index contributed by atoms with van der Waals surface area (Å²) < 4.78 is 15.3. The van der Waals surface area contributed by atoms with E-state index >= 15 is 0 Å². The van der Waals surface area contributed by atoms with Gasteiger partial charge in [0.15, 0.2) is 11.6 Å². The predicted molar refractivity (Wildman–Crippen MR) is 223 cm³/mol. The molecule has 4 saturated carbocycles. The quantitative estimate of drug-likeness (QED) is 0.228. The van der Waals surface area contributed by atoms with E-state index in [1.54, 1.807) is 37.9 Å². The maximum absolute atomic E-state index is 14.6. The Labute approximate surface area is 344 Å². The number of hydrogen-bond donors (Lipinski definition) is 2. The molecule has 5 aliphatic carbocycles. The first-order valence-corrected chi connectivity index (χ1v) is 21.8. The maximum atomic E-state index is 14.6. The zero-order chi connectivity index (χ0) is 42.5. The monoisotopic (exact) mass is 801 g/mol. The van der Waals surface area contributed by atoms with Crippen LogP contribution in [0.3, 0.4) is 0 Å². The minimum Gasteiger partial charge on any atom is -0.495 e. The van der Waals surface area contributed by atoms with Crippen molar-refractivity contribution in [1.29, 1.82) is 0 Å². The number of methoxy groups -OCH3 is 1. The van der Waals surface area contributed by atoms with Gasteiger partial charge >= 0.3 is 11.9 Å². The second kappa shape index (κ2) is 14.2. The van der Waals surface area contributed by atoms with Crippen LogP contribution in [0.5, 0.6) is 5.75 Å². The molecule has 7 rings (SSSR count). The molecule has 0 spiro atoms. The topological polar surface area (TPSA) is 156 Å². The maximum Gasteiger partial charge on any atom is 0.309 e. The molecule has 318 valence electrons. The minimum absolute atomic E-state index is 0.00985. The summed E-state index contributed by atoms with van der Waals surface area (Å²) in [6, 6.07) is 3.62. The first kappa shape index (κ1) is 42.4. The van der Waals surface area contributed by atoms with E-state index in [-0.39, 0.29) is 57.4 Å². The molecule has 58 heavy (non-hydrogen) atoms. The van der Waals surface area contributed by atoms with Gasteiger partial charge in [0.2, 0.25) is 0 Å². The van der Waals surface area contributed by atoms with Gasteiger partial charge in [-0.25, -0.2) is 4.98 Å². The Morgan fingerprint density at radius 2 is 1.69 bits per heavy atom. The second-order valence-corrected chi connectivity index (χ2v) is 21.0. The third kappa shape index (κ3) is 5.93. The summed E-state index contributed by atoms with van der Waals surface area (Å²) in [4.78, 5) is 58.6. The lowest BCUT2D eigenvalue weighted by Gasteiger charge is -2.72. The van der Waals surface area contributed by atoms with Gasteiger partial charge < -0.3 is 20.3 Å². The van der Waals surface area contributed by atoms with E-state index in [1.165, 1.54) is 5.57 Å². The summed E-state index contributed by atoms with van der Waals surface area (Å²) in [5, 5.41) is 9.66. The van der Waals surface area contributed by atoms with Crippen molar-refractivity contribution in [3.8, 4) is 11.6 Å². The second-order valence-electron chi connectivity index (χ2n) is 21.0. The SMILES string of the molecule is COc1ccc(-n2c(=O)c(C)c([C@@]34CC[C@]5(C)[C@H](CC[C@@H]6[C@@]7(C)CC[C@H](OC(=O)CC(C)(C)C(=O)O)C(C)(C)[C@@H]7CC[C@]65C)C3=C(C(C)C)C(=O)C4)n2CCN)nc1. The molecule has 2 aromatic heterocycles. The highest BCUT2D eigenvalue weighted by molar-refractivity contribution is 6.02. The fourth-order valence-electron chi connectivity index (χ4n) is 14.2. The molecule has 11 heteroatoms. The van der Waals surface area contributed by atoms with Gasteiger partial charge in [-0.1, -0.05) is 48.5 Å². The minimum atomic E-state index is -1.18.